The number of methoxy groups -OCH3 is 1. The van der Waals surface area contributed by atoms with Gasteiger partial charge in [0.25, 0.3) is 0 Å². The van der Waals surface area contributed by atoms with E-state index in [1.165, 1.54) is 31.6 Å². The van der Waals surface area contributed by atoms with Crippen molar-refractivity contribution in [3.05, 3.63) is 30.3 Å². The summed E-state index contributed by atoms with van der Waals surface area (Å²) in [5.41, 5.74) is 1.31. The van der Waals surface area contributed by atoms with E-state index in [2.05, 4.69) is 55.8 Å². The molecule has 0 aliphatic carbocycles. The number of nitrogens with one attached hydrogen (secondary N) is 2. The second kappa shape index (κ2) is 12.5. The normalized spacial score (nSPS) is 21.4. The molecule has 6 nitrogen and oxygen atoms in total. The highest BCUT2D eigenvalue weighted by atomic mass is 127. The molecule has 2 heterocycles. The zero-order chi connectivity index (χ0) is 18.9. The first-order valence-electron chi connectivity index (χ1n) is 10.3. The van der Waals surface area contributed by atoms with E-state index in [0.717, 1.165) is 51.1 Å². The molecule has 3 rings (SSSR count). The molecule has 158 valence electrons. The van der Waals surface area contributed by atoms with Gasteiger partial charge in [-0.2, -0.15) is 0 Å². The number of hydrogen-bond donors (Lipinski definition) is 2. The minimum absolute atomic E-state index is 0. The Kier molecular flexibility index (Phi) is 10.4. The topological polar surface area (TPSA) is 52.1 Å². The molecule has 0 spiro atoms. The van der Waals surface area contributed by atoms with Gasteiger partial charge in [-0.3, -0.25) is 4.99 Å². The quantitative estimate of drug-likeness (QED) is 0.342. The minimum Gasteiger partial charge on any atom is -0.383 e. The van der Waals surface area contributed by atoms with Gasteiger partial charge in [0.1, 0.15) is 0 Å². The monoisotopic (exact) mass is 501 g/mol. The number of anilines is 1. The van der Waals surface area contributed by atoms with Crippen molar-refractivity contribution >= 4 is 35.6 Å². The first kappa shape index (κ1) is 23.2. The first-order chi connectivity index (χ1) is 13.3. The molecule has 28 heavy (non-hydrogen) atoms. The summed E-state index contributed by atoms with van der Waals surface area (Å²) >= 11 is 0. The summed E-state index contributed by atoms with van der Waals surface area (Å²) in [5.74, 6) is 1.67. The Morgan fingerprint density at radius 2 is 1.89 bits per heavy atom. The number of hydrogen-bond acceptors (Lipinski definition) is 4. The lowest BCUT2D eigenvalue weighted by Crippen LogP contribution is -2.47. The molecule has 1 aromatic carbocycles. The Bertz CT molecular complexity index is 577. The van der Waals surface area contributed by atoms with Crippen LogP contribution in [0.3, 0.4) is 0 Å². The molecule has 2 N–H and O–H groups in total. The number of guanidine groups is 1. The van der Waals surface area contributed by atoms with E-state index in [9.17, 15) is 0 Å². The standard InChI is InChI=1S/C21H35N5O.HI/c1-22-21(23-16-18-8-11-25(12-9-18)14-15-27-2)24-19-10-13-26(17-19)20-6-4-3-5-7-20;/h3-7,18-19H,8-17H2,1-2H3,(H2,22,23,24);1H. The van der Waals surface area contributed by atoms with Gasteiger partial charge in [-0.25, -0.2) is 0 Å². The molecule has 1 aromatic rings. The Balaban J connectivity index is 0.00000280. The van der Waals surface area contributed by atoms with Crippen LogP contribution in [0.4, 0.5) is 5.69 Å². The fourth-order valence-electron chi connectivity index (χ4n) is 4.01. The largest absolute Gasteiger partial charge is 0.383 e. The van der Waals surface area contributed by atoms with Gasteiger partial charge in [0.15, 0.2) is 5.96 Å². The molecule has 0 bridgehead atoms. The molecule has 2 aliphatic rings. The van der Waals surface area contributed by atoms with Crippen LogP contribution >= 0.6 is 24.0 Å². The molecule has 7 heteroatoms. The Morgan fingerprint density at radius 3 is 2.57 bits per heavy atom. The number of aliphatic imine (C=N–C) groups is 1. The van der Waals surface area contributed by atoms with Crippen LogP contribution in [0, 0.1) is 5.92 Å². The van der Waals surface area contributed by atoms with Gasteiger partial charge in [0.05, 0.1) is 6.61 Å². The summed E-state index contributed by atoms with van der Waals surface area (Å²) in [5, 5.41) is 7.17. The van der Waals surface area contributed by atoms with E-state index in [4.69, 9.17) is 4.74 Å². The summed E-state index contributed by atoms with van der Waals surface area (Å²) in [4.78, 5) is 9.39. The maximum Gasteiger partial charge on any atom is 0.191 e. The lowest BCUT2D eigenvalue weighted by Gasteiger charge is -2.32. The van der Waals surface area contributed by atoms with E-state index in [1.54, 1.807) is 7.11 Å². The van der Waals surface area contributed by atoms with E-state index in [0.29, 0.717) is 6.04 Å². The maximum absolute atomic E-state index is 5.18. The van der Waals surface area contributed by atoms with E-state index < -0.39 is 0 Å². The van der Waals surface area contributed by atoms with Gasteiger partial charge in [0, 0.05) is 52.1 Å². The third-order valence-corrected chi connectivity index (χ3v) is 5.75. The van der Waals surface area contributed by atoms with Gasteiger partial charge in [-0.15, -0.1) is 24.0 Å². The average molecular weight is 501 g/mol. The molecular weight excluding hydrogens is 465 g/mol. The summed E-state index contributed by atoms with van der Waals surface area (Å²) < 4.78 is 5.18. The van der Waals surface area contributed by atoms with E-state index in [-0.39, 0.29) is 24.0 Å². The molecule has 0 saturated carbocycles. The zero-order valence-electron chi connectivity index (χ0n) is 17.3. The van der Waals surface area contributed by atoms with Gasteiger partial charge < -0.3 is 25.2 Å². The number of piperidine rings is 1. The van der Waals surface area contributed by atoms with Crippen LogP contribution in [0.5, 0.6) is 0 Å². The highest BCUT2D eigenvalue weighted by Crippen LogP contribution is 2.20. The van der Waals surface area contributed by atoms with Gasteiger partial charge in [0.2, 0.25) is 0 Å². The number of likely N-dealkylation sites (tertiary alicyclic amines) is 1. The van der Waals surface area contributed by atoms with Crippen molar-refractivity contribution in [2.45, 2.75) is 25.3 Å². The van der Waals surface area contributed by atoms with Gasteiger partial charge >= 0.3 is 0 Å². The van der Waals surface area contributed by atoms with E-state index in [1.807, 2.05) is 7.05 Å². The highest BCUT2D eigenvalue weighted by Gasteiger charge is 2.24. The molecule has 2 fully saturated rings. The van der Waals surface area contributed by atoms with Crippen molar-refractivity contribution in [2.75, 3.05) is 64.9 Å². The summed E-state index contributed by atoms with van der Waals surface area (Å²) in [6.45, 7) is 7.38. The molecule has 2 aliphatic heterocycles. The van der Waals surface area contributed by atoms with Crippen molar-refractivity contribution in [1.82, 2.24) is 15.5 Å². The predicted octanol–water partition coefficient (Wildman–Crippen LogP) is 2.41. The number of ether oxygens (including phenoxy) is 1. The second-order valence-electron chi connectivity index (χ2n) is 7.64. The van der Waals surface area contributed by atoms with Crippen LogP contribution in [0.1, 0.15) is 19.3 Å². The predicted molar refractivity (Wildman–Crippen MR) is 128 cm³/mol. The van der Waals surface area contributed by atoms with Crippen molar-refractivity contribution in [1.29, 1.82) is 0 Å². The summed E-state index contributed by atoms with van der Waals surface area (Å²) in [7, 11) is 3.64. The summed E-state index contributed by atoms with van der Waals surface area (Å²) in [6, 6.07) is 11.1. The van der Waals surface area contributed by atoms with Crippen LogP contribution < -0.4 is 15.5 Å². The third-order valence-electron chi connectivity index (χ3n) is 5.75. The number of para-hydroxylation sites is 1. The SMILES string of the molecule is CN=C(NCC1CCN(CCOC)CC1)NC1CCN(c2ccccc2)C1.I. The van der Waals surface area contributed by atoms with Crippen LogP contribution in [-0.2, 0) is 4.74 Å². The van der Waals surface area contributed by atoms with Crippen LogP contribution in [0.2, 0.25) is 0 Å². The Hall–Kier alpha value is -1.06. The van der Waals surface area contributed by atoms with Crippen LogP contribution in [0.15, 0.2) is 35.3 Å². The molecule has 1 atom stereocenters. The third kappa shape index (κ3) is 7.08. The van der Waals surface area contributed by atoms with Crippen molar-refractivity contribution in [3.63, 3.8) is 0 Å². The minimum atomic E-state index is 0. The highest BCUT2D eigenvalue weighted by molar-refractivity contribution is 14.0. The molecule has 2 saturated heterocycles. The molecule has 0 aromatic heterocycles. The fraction of sp³-hybridized carbons (Fsp3) is 0.667. The van der Waals surface area contributed by atoms with Crippen LogP contribution in [-0.4, -0.2) is 76.9 Å². The fourth-order valence-corrected chi connectivity index (χ4v) is 4.01. The Morgan fingerprint density at radius 1 is 1.14 bits per heavy atom. The number of halogens is 1. The average Bonchev–Trinajstić information content (AvgIpc) is 3.19. The smallest absolute Gasteiger partial charge is 0.191 e. The van der Waals surface area contributed by atoms with Crippen LogP contribution in [0.25, 0.3) is 0 Å². The lowest BCUT2D eigenvalue weighted by molar-refractivity contribution is 0.121. The molecule has 1 unspecified atom stereocenters. The Labute approximate surface area is 187 Å². The maximum atomic E-state index is 5.18. The second-order valence-corrected chi connectivity index (χ2v) is 7.64. The van der Waals surface area contributed by atoms with Gasteiger partial charge in [-0.05, 0) is 50.4 Å². The van der Waals surface area contributed by atoms with Gasteiger partial charge in [-0.1, -0.05) is 18.2 Å². The first-order valence-corrected chi connectivity index (χ1v) is 10.3. The number of rotatable bonds is 7. The van der Waals surface area contributed by atoms with Crippen molar-refractivity contribution in [2.24, 2.45) is 10.9 Å². The lowest BCUT2D eigenvalue weighted by atomic mass is 9.97. The number of nitrogens with zero attached hydrogens (tertiary/aromatic N) is 3. The molecule has 0 radical (unpaired) electrons. The molecule has 0 amide bonds. The zero-order valence-corrected chi connectivity index (χ0v) is 19.6. The van der Waals surface area contributed by atoms with Crippen molar-refractivity contribution in [3.8, 4) is 0 Å². The molecular formula is C21H36IN5O. The van der Waals surface area contributed by atoms with E-state index >= 15 is 0 Å². The summed E-state index contributed by atoms with van der Waals surface area (Å²) in [6.07, 6.45) is 3.64. The van der Waals surface area contributed by atoms with Crippen molar-refractivity contribution < 1.29 is 4.74 Å². The number of benzene rings is 1.